The first-order valence-electron chi connectivity index (χ1n) is 8.42. The summed E-state index contributed by atoms with van der Waals surface area (Å²) in [4.78, 5) is 11.9. The second kappa shape index (κ2) is 7.01. The number of fused-ring (bicyclic) bond motifs is 1. The number of hydrogen-bond donors (Lipinski definition) is 1. The minimum atomic E-state index is -0.194. The van der Waals surface area contributed by atoms with Gasteiger partial charge < -0.3 is 14.3 Å². The Bertz CT molecular complexity index is 893. The molecule has 0 spiro atoms. The van der Waals surface area contributed by atoms with E-state index >= 15 is 0 Å². The highest BCUT2D eigenvalue weighted by atomic mass is 16.5. The Morgan fingerprint density at radius 2 is 1.96 bits per heavy atom. The van der Waals surface area contributed by atoms with Crippen LogP contribution in [-0.4, -0.2) is 17.5 Å². The molecule has 0 saturated heterocycles. The molecule has 1 N–H and O–H groups in total. The monoisotopic (exact) mass is 338 g/mol. The summed E-state index contributed by atoms with van der Waals surface area (Å²) in [5, 5.41) is 11.3. The van der Waals surface area contributed by atoms with Gasteiger partial charge in [-0.05, 0) is 43.4 Å². The van der Waals surface area contributed by atoms with Gasteiger partial charge in [-0.15, -0.1) is 0 Å². The number of hydrogen-bond acceptors (Lipinski definition) is 4. The molecule has 4 heteroatoms. The minimum absolute atomic E-state index is 0.139. The molecule has 0 saturated carbocycles. The van der Waals surface area contributed by atoms with Gasteiger partial charge in [-0.3, -0.25) is 4.79 Å². The third-order valence-corrected chi connectivity index (χ3v) is 4.62. The van der Waals surface area contributed by atoms with E-state index in [-0.39, 0.29) is 17.3 Å². The molecule has 0 radical (unpaired) electrons. The summed E-state index contributed by atoms with van der Waals surface area (Å²) in [6.07, 6.45) is 2.33. The van der Waals surface area contributed by atoms with Gasteiger partial charge in [0.15, 0.2) is 17.1 Å². The number of carbonyl (C=O) groups excluding carboxylic acids is 1. The van der Waals surface area contributed by atoms with Gasteiger partial charge in [0.1, 0.15) is 0 Å². The van der Waals surface area contributed by atoms with Crippen molar-refractivity contribution in [1.82, 2.24) is 0 Å². The molecular weight excluding hydrogens is 316 g/mol. The Morgan fingerprint density at radius 1 is 1.24 bits per heavy atom. The molecule has 0 amide bonds. The largest absolute Gasteiger partial charge is 0.504 e. The molecule has 3 aromatic rings. The number of benzene rings is 2. The van der Waals surface area contributed by atoms with Crippen molar-refractivity contribution >= 4 is 16.8 Å². The summed E-state index contributed by atoms with van der Waals surface area (Å²) in [5.74, 6) is 0.240. The number of ketones is 1. The van der Waals surface area contributed by atoms with Crippen molar-refractivity contribution in [3.8, 4) is 11.5 Å². The maximum atomic E-state index is 11.9. The maximum absolute atomic E-state index is 11.9. The summed E-state index contributed by atoms with van der Waals surface area (Å²) in [6, 6.07) is 12.0. The maximum Gasteiger partial charge on any atom is 0.205 e. The van der Waals surface area contributed by atoms with Crippen molar-refractivity contribution in [2.24, 2.45) is 0 Å². The zero-order valence-corrected chi connectivity index (χ0v) is 14.7. The average molecular weight is 338 g/mol. The predicted octanol–water partition coefficient (Wildman–Crippen LogP) is 5.22. The van der Waals surface area contributed by atoms with E-state index in [1.54, 1.807) is 19.3 Å². The van der Waals surface area contributed by atoms with Crippen LogP contribution >= 0.6 is 0 Å². The third kappa shape index (κ3) is 3.25. The van der Waals surface area contributed by atoms with Crippen LogP contribution in [0.25, 0.3) is 11.0 Å². The summed E-state index contributed by atoms with van der Waals surface area (Å²) in [7, 11) is 0. The highest BCUT2D eigenvalue weighted by molar-refractivity contribution is 6.05. The number of aryl methyl sites for hydroxylation is 1. The highest BCUT2D eigenvalue weighted by Gasteiger charge is 2.23. The fourth-order valence-corrected chi connectivity index (χ4v) is 3.16. The molecule has 1 aromatic heterocycles. The zero-order chi connectivity index (χ0) is 18.0. The first kappa shape index (κ1) is 17.1. The number of rotatable bonds is 6. The van der Waals surface area contributed by atoms with E-state index in [4.69, 9.17) is 9.15 Å². The Morgan fingerprint density at radius 3 is 2.64 bits per heavy atom. The van der Waals surface area contributed by atoms with Crippen molar-refractivity contribution < 1.29 is 19.1 Å². The van der Waals surface area contributed by atoms with Crippen molar-refractivity contribution in [1.29, 1.82) is 0 Å². The number of phenolic OH excluding ortho intramolecular Hbond substituents is 1. The molecule has 3 rings (SSSR count). The van der Waals surface area contributed by atoms with Gasteiger partial charge in [0.2, 0.25) is 5.75 Å². The van der Waals surface area contributed by atoms with Crippen LogP contribution in [0, 0.1) is 6.92 Å². The fraction of sp³-hybridized carbons (Fsp3) is 0.286. The molecule has 0 unspecified atom stereocenters. The Balaban J connectivity index is 1.84. The lowest BCUT2D eigenvalue weighted by molar-refractivity contribution is 0.101. The van der Waals surface area contributed by atoms with E-state index < -0.39 is 0 Å². The van der Waals surface area contributed by atoms with Crippen LogP contribution in [0.4, 0.5) is 0 Å². The molecule has 1 atom stereocenters. The molecule has 1 heterocycles. The molecule has 130 valence electrons. The number of carbonyl (C=O) groups is 1. The number of Topliss-reactive ketones (excluding diaryl/α,β-unsaturated/α-hetero) is 1. The second-order valence-corrected chi connectivity index (χ2v) is 6.35. The van der Waals surface area contributed by atoms with Gasteiger partial charge in [0.25, 0.3) is 0 Å². The summed E-state index contributed by atoms with van der Waals surface area (Å²) in [5.41, 5.74) is 2.72. The number of phenols is 1. The molecule has 0 fully saturated rings. The normalized spacial score (nSPS) is 12.3. The zero-order valence-electron chi connectivity index (χ0n) is 14.7. The molecule has 2 aromatic carbocycles. The van der Waals surface area contributed by atoms with E-state index in [9.17, 15) is 9.90 Å². The van der Waals surface area contributed by atoms with Crippen LogP contribution in [0.5, 0.6) is 11.5 Å². The van der Waals surface area contributed by atoms with Crippen molar-refractivity contribution in [3.05, 3.63) is 59.4 Å². The van der Waals surface area contributed by atoms with Gasteiger partial charge in [-0.25, -0.2) is 0 Å². The fourth-order valence-electron chi connectivity index (χ4n) is 3.16. The molecule has 0 aliphatic carbocycles. The van der Waals surface area contributed by atoms with E-state index in [0.717, 1.165) is 11.8 Å². The Hall–Kier alpha value is -2.75. The van der Waals surface area contributed by atoms with Crippen LogP contribution in [0.2, 0.25) is 0 Å². The summed E-state index contributed by atoms with van der Waals surface area (Å²) < 4.78 is 11.3. The van der Waals surface area contributed by atoms with Gasteiger partial charge in [0.05, 0.1) is 18.4 Å². The SMILES string of the molecule is CC(=O)c1c(O)c(OCC[C@@H](C)c2ccccc2)c2occc2c1C. The van der Waals surface area contributed by atoms with Crippen molar-refractivity contribution in [2.45, 2.75) is 33.1 Å². The molecule has 0 aliphatic rings. The third-order valence-electron chi connectivity index (χ3n) is 4.62. The molecular formula is C21H22O4. The van der Waals surface area contributed by atoms with E-state index in [1.807, 2.05) is 18.2 Å². The van der Waals surface area contributed by atoms with Crippen LogP contribution in [0.1, 0.15) is 47.7 Å². The lowest BCUT2D eigenvalue weighted by atomic mass is 9.98. The smallest absolute Gasteiger partial charge is 0.205 e. The molecule has 0 bridgehead atoms. The predicted molar refractivity (Wildman–Crippen MR) is 97.6 cm³/mol. The van der Waals surface area contributed by atoms with Crippen LogP contribution in [0.3, 0.4) is 0 Å². The molecule has 0 aliphatic heterocycles. The lowest BCUT2D eigenvalue weighted by Crippen LogP contribution is -2.06. The highest BCUT2D eigenvalue weighted by Crippen LogP contribution is 2.42. The first-order chi connectivity index (χ1) is 12.0. The van der Waals surface area contributed by atoms with Gasteiger partial charge in [-0.2, -0.15) is 0 Å². The van der Waals surface area contributed by atoms with E-state index in [2.05, 4.69) is 19.1 Å². The number of aromatic hydroxyl groups is 1. The van der Waals surface area contributed by atoms with Crippen molar-refractivity contribution in [3.63, 3.8) is 0 Å². The number of furan rings is 1. The van der Waals surface area contributed by atoms with Gasteiger partial charge in [-0.1, -0.05) is 37.3 Å². The topological polar surface area (TPSA) is 59.7 Å². The van der Waals surface area contributed by atoms with Crippen molar-refractivity contribution in [2.75, 3.05) is 6.61 Å². The summed E-state index contributed by atoms with van der Waals surface area (Å²) in [6.45, 7) is 5.79. The summed E-state index contributed by atoms with van der Waals surface area (Å²) >= 11 is 0. The van der Waals surface area contributed by atoms with Crippen LogP contribution < -0.4 is 4.74 Å². The molecule has 25 heavy (non-hydrogen) atoms. The second-order valence-electron chi connectivity index (χ2n) is 6.35. The van der Waals surface area contributed by atoms with Gasteiger partial charge >= 0.3 is 0 Å². The molecule has 4 nitrogen and oxygen atoms in total. The standard InChI is InChI=1S/C21H22O4/c1-13(16-7-5-4-6-8-16)9-11-25-21-19(23)18(15(3)22)14(2)17-10-12-24-20(17)21/h4-8,10,12-13,23H,9,11H2,1-3H3/t13-/m1/s1. The lowest BCUT2D eigenvalue weighted by Gasteiger charge is -2.16. The van der Waals surface area contributed by atoms with Crippen LogP contribution in [-0.2, 0) is 0 Å². The first-order valence-corrected chi connectivity index (χ1v) is 8.42. The average Bonchev–Trinajstić information content (AvgIpc) is 3.08. The Labute approximate surface area is 147 Å². The van der Waals surface area contributed by atoms with E-state index in [1.165, 1.54) is 12.5 Å². The number of ether oxygens (including phenoxy) is 1. The van der Waals surface area contributed by atoms with Gasteiger partial charge in [0, 0.05) is 5.39 Å². The quantitative estimate of drug-likeness (QED) is 0.626. The Kier molecular flexibility index (Phi) is 4.79. The van der Waals surface area contributed by atoms with Crippen LogP contribution in [0.15, 0.2) is 47.1 Å². The minimum Gasteiger partial charge on any atom is -0.504 e. The van der Waals surface area contributed by atoms with E-state index in [0.29, 0.717) is 29.2 Å².